The van der Waals surface area contributed by atoms with Crippen LogP contribution in [0.2, 0.25) is 0 Å². The van der Waals surface area contributed by atoms with Gasteiger partial charge in [-0.2, -0.15) is 13.2 Å². The zero-order chi connectivity index (χ0) is 13.9. The Balaban J connectivity index is 1.73. The van der Waals surface area contributed by atoms with Crippen LogP contribution in [0.1, 0.15) is 13.3 Å². The van der Waals surface area contributed by atoms with Crippen molar-refractivity contribution < 1.29 is 37.0 Å². The minimum Gasteiger partial charge on any atom is -0.459 e. The van der Waals surface area contributed by atoms with Crippen molar-refractivity contribution in [1.82, 2.24) is 0 Å². The fourth-order valence-corrected chi connectivity index (χ4v) is 2.93. The van der Waals surface area contributed by atoms with Crippen molar-refractivity contribution >= 4 is 11.9 Å². The van der Waals surface area contributed by atoms with E-state index in [1.807, 2.05) is 0 Å². The number of rotatable bonds is 2. The van der Waals surface area contributed by atoms with Crippen molar-refractivity contribution in [1.29, 1.82) is 0 Å². The molecule has 0 amide bonds. The molecule has 0 radical (unpaired) electrons. The fraction of sp³-hybridized carbons (Fsp3) is 0.818. The number of fused-ring (bicyclic) bond motifs is 1. The van der Waals surface area contributed by atoms with Crippen LogP contribution < -0.4 is 0 Å². The quantitative estimate of drug-likeness (QED) is 0.700. The van der Waals surface area contributed by atoms with Crippen LogP contribution in [0.25, 0.3) is 0 Å². The van der Waals surface area contributed by atoms with E-state index in [1.165, 1.54) is 0 Å². The average Bonchev–Trinajstić information content (AvgIpc) is 2.87. The maximum Gasteiger partial charge on any atom is 0.425 e. The first-order valence-electron chi connectivity index (χ1n) is 5.92. The summed E-state index contributed by atoms with van der Waals surface area (Å²) >= 11 is 0. The Hall–Kier alpha value is -1.31. The van der Waals surface area contributed by atoms with Crippen LogP contribution >= 0.6 is 0 Å². The molecule has 3 aliphatic rings. The van der Waals surface area contributed by atoms with Gasteiger partial charge in [-0.3, -0.25) is 9.59 Å². The number of halogens is 3. The van der Waals surface area contributed by atoms with Crippen LogP contribution in [0.5, 0.6) is 0 Å². The van der Waals surface area contributed by atoms with Gasteiger partial charge in [0, 0.05) is 6.42 Å². The van der Waals surface area contributed by atoms with Crippen molar-refractivity contribution in [3.8, 4) is 0 Å². The van der Waals surface area contributed by atoms with Crippen molar-refractivity contribution in [3.05, 3.63) is 0 Å². The highest BCUT2D eigenvalue weighted by Crippen LogP contribution is 2.50. The van der Waals surface area contributed by atoms with Gasteiger partial charge in [0.05, 0.1) is 12.0 Å². The van der Waals surface area contributed by atoms with E-state index in [2.05, 4.69) is 4.74 Å². The normalized spacial score (nSPS) is 41.3. The molecule has 3 heterocycles. The molecule has 0 aromatic carbocycles. The lowest BCUT2D eigenvalue weighted by Gasteiger charge is -2.23. The number of ether oxygens (including phenoxy) is 3. The van der Waals surface area contributed by atoms with Crippen molar-refractivity contribution in [2.24, 2.45) is 11.8 Å². The van der Waals surface area contributed by atoms with Crippen LogP contribution in [0.3, 0.4) is 0 Å². The lowest BCUT2D eigenvalue weighted by atomic mass is 9.80. The molecule has 0 saturated carbocycles. The van der Waals surface area contributed by atoms with Crippen LogP contribution in [-0.4, -0.2) is 42.5 Å². The van der Waals surface area contributed by atoms with Crippen LogP contribution in [0.4, 0.5) is 13.2 Å². The Morgan fingerprint density at radius 3 is 2.74 bits per heavy atom. The van der Waals surface area contributed by atoms with E-state index in [4.69, 9.17) is 9.47 Å². The van der Waals surface area contributed by atoms with Gasteiger partial charge in [-0.1, -0.05) is 0 Å². The van der Waals surface area contributed by atoms with Crippen molar-refractivity contribution in [3.63, 3.8) is 0 Å². The van der Waals surface area contributed by atoms with E-state index in [1.54, 1.807) is 0 Å². The van der Waals surface area contributed by atoms with Gasteiger partial charge in [0.1, 0.15) is 18.1 Å². The van der Waals surface area contributed by atoms with E-state index >= 15 is 0 Å². The van der Waals surface area contributed by atoms with Gasteiger partial charge in [-0.05, 0) is 6.92 Å². The number of hydrogen-bond acceptors (Lipinski definition) is 5. The standard InChI is InChI=1S/C11H11F3O5/c1-3(11(12,13)14)17-9(15)6-4-2-5-8(18-4)7(6)10(16)19-5/h3-8H,2H2,1H3. The zero-order valence-corrected chi connectivity index (χ0v) is 9.85. The van der Waals surface area contributed by atoms with E-state index in [0.29, 0.717) is 6.42 Å². The molecule has 6 unspecified atom stereocenters. The molecule has 3 aliphatic heterocycles. The maximum atomic E-state index is 12.3. The van der Waals surface area contributed by atoms with Gasteiger partial charge in [-0.15, -0.1) is 0 Å². The average molecular weight is 280 g/mol. The fourth-order valence-electron chi connectivity index (χ4n) is 2.93. The Morgan fingerprint density at radius 2 is 2.11 bits per heavy atom. The van der Waals surface area contributed by atoms with Gasteiger partial charge in [0.2, 0.25) is 0 Å². The first-order chi connectivity index (χ1) is 8.79. The smallest absolute Gasteiger partial charge is 0.425 e. The third kappa shape index (κ3) is 1.80. The number of hydrogen-bond donors (Lipinski definition) is 0. The molecule has 0 spiro atoms. The van der Waals surface area contributed by atoms with Crippen LogP contribution in [0, 0.1) is 11.8 Å². The SMILES string of the molecule is CC(OC(=O)C1C2CC3OC(=O)C1C3O2)C(F)(F)F. The summed E-state index contributed by atoms with van der Waals surface area (Å²) in [5, 5.41) is 0. The third-order valence-electron chi connectivity index (χ3n) is 3.87. The Kier molecular flexibility index (Phi) is 2.57. The molecule has 3 saturated heterocycles. The number of carbonyl (C=O) groups is 2. The highest BCUT2D eigenvalue weighted by Gasteiger charge is 2.66. The topological polar surface area (TPSA) is 61.8 Å². The van der Waals surface area contributed by atoms with E-state index < -0.39 is 48.3 Å². The minimum absolute atomic E-state index is 0.340. The summed E-state index contributed by atoms with van der Waals surface area (Å²) in [5.41, 5.74) is 0. The Labute approximate surface area is 106 Å². The lowest BCUT2D eigenvalue weighted by molar-refractivity contribution is -0.219. The number of alkyl halides is 3. The molecule has 106 valence electrons. The summed E-state index contributed by atoms with van der Waals surface area (Å²) < 4.78 is 51.8. The Morgan fingerprint density at radius 1 is 1.42 bits per heavy atom. The summed E-state index contributed by atoms with van der Waals surface area (Å²) in [4.78, 5) is 23.4. The van der Waals surface area contributed by atoms with E-state index in [-0.39, 0.29) is 6.10 Å². The molecule has 3 rings (SSSR count). The van der Waals surface area contributed by atoms with E-state index in [9.17, 15) is 22.8 Å². The highest BCUT2D eigenvalue weighted by atomic mass is 19.4. The van der Waals surface area contributed by atoms with E-state index in [0.717, 1.165) is 6.92 Å². The predicted molar refractivity (Wildman–Crippen MR) is 51.7 cm³/mol. The molecule has 19 heavy (non-hydrogen) atoms. The zero-order valence-electron chi connectivity index (χ0n) is 9.85. The summed E-state index contributed by atoms with van der Waals surface area (Å²) in [6, 6.07) is 0. The molecule has 0 aromatic rings. The summed E-state index contributed by atoms with van der Waals surface area (Å²) in [6.45, 7) is 0.752. The first-order valence-corrected chi connectivity index (χ1v) is 5.92. The predicted octanol–water partition coefficient (Wildman–Crippen LogP) is 0.809. The van der Waals surface area contributed by atoms with Gasteiger partial charge in [0.15, 0.2) is 6.10 Å². The maximum absolute atomic E-state index is 12.3. The van der Waals surface area contributed by atoms with Crippen molar-refractivity contribution in [2.45, 2.75) is 43.9 Å². The molecule has 3 fully saturated rings. The molecular weight excluding hydrogens is 269 g/mol. The largest absolute Gasteiger partial charge is 0.459 e. The van der Waals surface area contributed by atoms with Gasteiger partial charge >= 0.3 is 18.1 Å². The summed E-state index contributed by atoms with van der Waals surface area (Å²) in [5.74, 6) is -3.44. The molecule has 0 aliphatic carbocycles. The lowest BCUT2D eigenvalue weighted by Crippen LogP contribution is -2.41. The van der Waals surface area contributed by atoms with Gasteiger partial charge < -0.3 is 14.2 Å². The summed E-state index contributed by atoms with van der Waals surface area (Å²) in [7, 11) is 0. The molecule has 8 heteroatoms. The van der Waals surface area contributed by atoms with Crippen molar-refractivity contribution in [2.75, 3.05) is 0 Å². The minimum atomic E-state index is -4.62. The van der Waals surface area contributed by atoms with Crippen LogP contribution in [0.15, 0.2) is 0 Å². The second-order valence-electron chi connectivity index (χ2n) is 5.02. The number of esters is 2. The van der Waals surface area contributed by atoms with Gasteiger partial charge in [0.25, 0.3) is 0 Å². The highest BCUT2D eigenvalue weighted by molar-refractivity contribution is 5.86. The molecule has 2 bridgehead atoms. The monoisotopic (exact) mass is 280 g/mol. The van der Waals surface area contributed by atoms with Gasteiger partial charge in [-0.25, -0.2) is 0 Å². The molecule has 0 N–H and O–H groups in total. The number of carbonyl (C=O) groups excluding carboxylic acids is 2. The molecule has 0 aromatic heterocycles. The molecular formula is C11H11F3O5. The third-order valence-corrected chi connectivity index (χ3v) is 3.87. The Bertz CT molecular complexity index is 433. The summed E-state index contributed by atoms with van der Waals surface area (Å²) in [6.07, 6.45) is -7.95. The first kappa shape index (κ1) is 12.7. The second kappa shape index (κ2) is 3.84. The molecule has 5 nitrogen and oxygen atoms in total. The van der Waals surface area contributed by atoms with Crippen LogP contribution in [-0.2, 0) is 23.8 Å². The second-order valence-corrected chi connectivity index (χ2v) is 5.02. The molecule has 6 atom stereocenters.